The zero-order chi connectivity index (χ0) is 13.9. The van der Waals surface area contributed by atoms with Gasteiger partial charge >= 0.3 is 0 Å². The number of halogens is 2. The fraction of sp³-hybridized carbons (Fsp3) is 0.571. The van der Waals surface area contributed by atoms with Crippen LogP contribution in [0, 0.1) is 11.2 Å². The van der Waals surface area contributed by atoms with Crippen LogP contribution in [-0.4, -0.2) is 25.0 Å². The van der Waals surface area contributed by atoms with E-state index < -0.39 is 0 Å². The van der Waals surface area contributed by atoms with Crippen LogP contribution in [0.2, 0.25) is 0 Å². The van der Waals surface area contributed by atoms with Crippen molar-refractivity contribution in [3.8, 4) is 0 Å². The number of likely N-dealkylation sites (N-methyl/N-ethyl adjacent to an activating group) is 1. The molecular formula is C14H22BrFN2. The number of rotatable bonds is 4. The van der Waals surface area contributed by atoms with E-state index in [0.717, 1.165) is 11.0 Å². The van der Waals surface area contributed by atoms with Crippen molar-refractivity contribution in [2.75, 3.05) is 20.1 Å². The van der Waals surface area contributed by atoms with Crippen LogP contribution in [0.4, 0.5) is 4.39 Å². The summed E-state index contributed by atoms with van der Waals surface area (Å²) >= 11 is 3.38. The number of hydrogen-bond donors (Lipinski definition) is 1. The lowest BCUT2D eigenvalue weighted by molar-refractivity contribution is 0.173. The molecule has 0 spiro atoms. The summed E-state index contributed by atoms with van der Waals surface area (Å²) in [5.41, 5.74) is 6.63. The first-order valence-corrected chi connectivity index (χ1v) is 6.89. The highest BCUT2D eigenvalue weighted by atomic mass is 79.9. The fourth-order valence-corrected chi connectivity index (χ4v) is 2.55. The molecule has 18 heavy (non-hydrogen) atoms. The minimum absolute atomic E-state index is 0.0956. The maximum atomic E-state index is 13.9. The van der Waals surface area contributed by atoms with Gasteiger partial charge in [-0.1, -0.05) is 36.7 Å². The van der Waals surface area contributed by atoms with Crippen molar-refractivity contribution in [1.29, 1.82) is 0 Å². The molecule has 1 unspecified atom stereocenters. The number of benzene rings is 1. The quantitative estimate of drug-likeness (QED) is 0.920. The van der Waals surface area contributed by atoms with Gasteiger partial charge in [-0.25, -0.2) is 4.39 Å². The SMILES string of the molecule is CN(CC(C)(C)C)C(CN)c1cc(Br)ccc1F. The first-order chi connectivity index (χ1) is 8.24. The van der Waals surface area contributed by atoms with Crippen molar-refractivity contribution in [2.45, 2.75) is 26.8 Å². The zero-order valence-corrected chi connectivity index (χ0v) is 13.1. The Morgan fingerprint density at radius 1 is 1.39 bits per heavy atom. The first-order valence-electron chi connectivity index (χ1n) is 6.10. The lowest BCUT2D eigenvalue weighted by Gasteiger charge is -2.33. The highest BCUT2D eigenvalue weighted by Gasteiger charge is 2.23. The van der Waals surface area contributed by atoms with E-state index >= 15 is 0 Å². The Morgan fingerprint density at radius 2 is 2.00 bits per heavy atom. The molecule has 1 aromatic rings. The van der Waals surface area contributed by atoms with E-state index in [4.69, 9.17) is 5.73 Å². The lowest BCUT2D eigenvalue weighted by Crippen LogP contribution is -2.36. The fourth-order valence-electron chi connectivity index (χ4n) is 2.17. The molecule has 0 aromatic heterocycles. The van der Waals surface area contributed by atoms with Gasteiger partial charge in [0.1, 0.15) is 5.82 Å². The largest absolute Gasteiger partial charge is 0.329 e. The molecule has 1 rings (SSSR count). The molecule has 4 heteroatoms. The van der Waals surface area contributed by atoms with Gasteiger partial charge in [-0.3, -0.25) is 4.90 Å². The van der Waals surface area contributed by atoms with Crippen LogP contribution in [0.25, 0.3) is 0 Å². The summed E-state index contributed by atoms with van der Waals surface area (Å²) in [6.45, 7) is 7.75. The van der Waals surface area contributed by atoms with Crippen LogP contribution in [-0.2, 0) is 0 Å². The molecule has 0 heterocycles. The van der Waals surface area contributed by atoms with E-state index in [2.05, 4.69) is 41.6 Å². The minimum Gasteiger partial charge on any atom is -0.329 e. The summed E-state index contributed by atoms with van der Waals surface area (Å²) in [6, 6.07) is 4.90. The molecule has 0 amide bonds. The van der Waals surface area contributed by atoms with E-state index in [-0.39, 0.29) is 17.3 Å². The monoisotopic (exact) mass is 316 g/mol. The van der Waals surface area contributed by atoms with Gasteiger partial charge in [-0.05, 0) is 30.7 Å². The third-order valence-corrected chi connectivity index (χ3v) is 3.29. The summed E-state index contributed by atoms with van der Waals surface area (Å²) in [6.07, 6.45) is 0. The van der Waals surface area contributed by atoms with Gasteiger partial charge in [0, 0.05) is 29.2 Å². The Balaban J connectivity index is 2.98. The molecule has 0 aliphatic carbocycles. The summed E-state index contributed by atoms with van der Waals surface area (Å²) in [5.74, 6) is -0.200. The molecule has 0 fully saturated rings. The second-order valence-corrected chi connectivity index (χ2v) is 6.81. The third kappa shape index (κ3) is 4.34. The maximum Gasteiger partial charge on any atom is 0.128 e. The number of hydrogen-bond acceptors (Lipinski definition) is 2. The smallest absolute Gasteiger partial charge is 0.128 e. The van der Waals surface area contributed by atoms with E-state index in [9.17, 15) is 4.39 Å². The average Bonchev–Trinajstić information content (AvgIpc) is 2.21. The molecule has 1 aromatic carbocycles. The summed E-state index contributed by atoms with van der Waals surface area (Å²) in [5, 5.41) is 0. The molecular weight excluding hydrogens is 295 g/mol. The highest BCUT2D eigenvalue weighted by Crippen LogP contribution is 2.27. The molecule has 0 saturated heterocycles. The minimum atomic E-state index is -0.200. The standard InChI is InChI=1S/C14H22BrFN2/c1-14(2,3)9-18(4)13(8-17)11-7-10(15)5-6-12(11)16/h5-7,13H,8-9,17H2,1-4H3. The van der Waals surface area contributed by atoms with Crippen LogP contribution in [0.5, 0.6) is 0 Å². The van der Waals surface area contributed by atoms with E-state index in [1.54, 1.807) is 6.07 Å². The molecule has 0 aliphatic rings. The van der Waals surface area contributed by atoms with Crippen molar-refractivity contribution >= 4 is 15.9 Å². The summed E-state index contributed by atoms with van der Waals surface area (Å²) < 4.78 is 14.8. The summed E-state index contributed by atoms with van der Waals surface area (Å²) in [7, 11) is 1.99. The van der Waals surface area contributed by atoms with Gasteiger partial charge in [0.25, 0.3) is 0 Å². The van der Waals surface area contributed by atoms with Crippen LogP contribution in [0.1, 0.15) is 32.4 Å². The van der Waals surface area contributed by atoms with Crippen molar-refractivity contribution in [3.05, 3.63) is 34.1 Å². The van der Waals surface area contributed by atoms with Gasteiger partial charge in [0.15, 0.2) is 0 Å². The predicted molar refractivity (Wildman–Crippen MR) is 78.0 cm³/mol. The van der Waals surface area contributed by atoms with E-state index in [1.165, 1.54) is 6.07 Å². The van der Waals surface area contributed by atoms with Gasteiger partial charge in [0.05, 0.1) is 0 Å². The second-order valence-electron chi connectivity index (χ2n) is 5.89. The molecule has 0 radical (unpaired) electrons. The topological polar surface area (TPSA) is 29.3 Å². The summed E-state index contributed by atoms with van der Waals surface area (Å²) in [4.78, 5) is 2.12. The van der Waals surface area contributed by atoms with Crippen LogP contribution in [0.15, 0.2) is 22.7 Å². The van der Waals surface area contributed by atoms with E-state index in [0.29, 0.717) is 12.1 Å². The van der Waals surface area contributed by atoms with Crippen LogP contribution in [0.3, 0.4) is 0 Å². The van der Waals surface area contributed by atoms with E-state index in [1.807, 2.05) is 13.1 Å². The van der Waals surface area contributed by atoms with Crippen LogP contribution >= 0.6 is 15.9 Å². The molecule has 2 nitrogen and oxygen atoms in total. The van der Waals surface area contributed by atoms with Crippen molar-refractivity contribution in [3.63, 3.8) is 0 Å². The number of nitrogens with two attached hydrogens (primary N) is 1. The zero-order valence-electron chi connectivity index (χ0n) is 11.5. The Labute approximate surface area is 117 Å². The van der Waals surface area contributed by atoms with Crippen molar-refractivity contribution in [1.82, 2.24) is 4.90 Å². The van der Waals surface area contributed by atoms with Gasteiger partial charge in [-0.15, -0.1) is 0 Å². The highest BCUT2D eigenvalue weighted by molar-refractivity contribution is 9.10. The Hall–Kier alpha value is -0.450. The Kier molecular flexibility index (Phi) is 5.32. The molecule has 0 bridgehead atoms. The second kappa shape index (κ2) is 6.13. The van der Waals surface area contributed by atoms with Crippen LogP contribution < -0.4 is 5.73 Å². The average molecular weight is 317 g/mol. The molecule has 0 aliphatic heterocycles. The first kappa shape index (κ1) is 15.6. The molecule has 102 valence electrons. The Morgan fingerprint density at radius 3 is 2.50 bits per heavy atom. The predicted octanol–water partition coefficient (Wildman–Crippen LogP) is 3.57. The molecule has 0 saturated carbocycles. The normalized spacial score (nSPS) is 14.0. The van der Waals surface area contributed by atoms with Crippen molar-refractivity contribution in [2.24, 2.45) is 11.1 Å². The van der Waals surface area contributed by atoms with Crippen molar-refractivity contribution < 1.29 is 4.39 Å². The number of nitrogens with zero attached hydrogens (tertiary/aromatic N) is 1. The molecule has 2 N–H and O–H groups in total. The van der Waals surface area contributed by atoms with Gasteiger partial charge in [-0.2, -0.15) is 0 Å². The Bertz CT molecular complexity index is 401. The van der Waals surface area contributed by atoms with Gasteiger partial charge in [0.2, 0.25) is 0 Å². The maximum absolute atomic E-state index is 13.9. The van der Waals surface area contributed by atoms with Gasteiger partial charge < -0.3 is 5.73 Å². The lowest BCUT2D eigenvalue weighted by atomic mass is 9.94. The third-order valence-electron chi connectivity index (χ3n) is 2.80. The molecule has 1 atom stereocenters.